The summed E-state index contributed by atoms with van der Waals surface area (Å²) in [5.41, 5.74) is 3.06. The first-order valence-corrected chi connectivity index (χ1v) is 8.72. The Morgan fingerprint density at radius 3 is 2.58 bits per heavy atom. The second kappa shape index (κ2) is 7.79. The highest BCUT2D eigenvalue weighted by atomic mass is 32.2. The van der Waals surface area contributed by atoms with Crippen molar-refractivity contribution in [3.05, 3.63) is 60.2 Å². The van der Waals surface area contributed by atoms with Gasteiger partial charge in [0.25, 0.3) is 0 Å². The van der Waals surface area contributed by atoms with Crippen molar-refractivity contribution >= 4 is 23.4 Å². The molecular weight excluding hydrogens is 320 g/mol. The Balaban J connectivity index is 1.56. The van der Waals surface area contributed by atoms with E-state index in [1.54, 1.807) is 0 Å². The number of carbonyl (C=O) groups is 1. The molecule has 24 heavy (non-hydrogen) atoms. The largest absolute Gasteiger partial charge is 0.325 e. The van der Waals surface area contributed by atoms with Crippen molar-refractivity contribution in [3.63, 3.8) is 0 Å². The molecule has 5 nitrogen and oxygen atoms in total. The van der Waals surface area contributed by atoms with Gasteiger partial charge in [0.1, 0.15) is 0 Å². The molecule has 3 rings (SSSR count). The summed E-state index contributed by atoms with van der Waals surface area (Å²) in [5, 5.41) is 10.5. The number of nitrogens with zero attached hydrogens (tertiary/aromatic N) is 2. The van der Waals surface area contributed by atoms with Crippen LogP contribution in [0.4, 0.5) is 5.69 Å². The molecule has 1 amide bonds. The summed E-state index contributed by atoms with van der Waals surface area (Å²) in [6, 6.07) is 17.6. The number of hydrogen-bond donors (Lipinski definition) is 2. The van der Waals surface area contributed by atoms with Gasteiger partial charge in [0.2, 0.25) is 11.1 Å². The van der Waals surface area contributed by atoms with Crippen LogP contribution in [0.3, 0.4) is 0 Å². The van der Waals surface area contributed by atoms with Crippen LogP contribution in [0.25, 0.3) is 11.4 Å². The fourth-order valence-electron chi connectivity index (χ4n) is 2.19. The van der Waals surface area contributed by atoms with E-state index in [1.165, 1.54) is 17.3 Å². The van der Waals surface area contributed by atoms with Gasteiger partial charge in [0.15, 0.2) is 5.82 Å². The van der Waals surface area contributed by atoms with E-state index in [0.717, 1.165) is 17.7 Å². The Morgan fingerprint density at radius 1 is 1.12 bits per heavy atom. The van der Waals surface area contributed by atoms with Gasteiger partial charge in [-0.15, -0.1) is 5.10 Å². The molecule has 1 aromatic heterocycles. The first-order chi connectivity index (χ1) is 11.7. The molecule has 3 aromatic rings. The molecule has 0 saturated carbocycles. The first-order valence-electron chi connectivity index (χ1n) is 7.74. The van der Waals surface area contributed by atoms with Gasteiger partial charge in [-0.25, -0.2) is 4.98 Å². The molecule has 0 bridgehead atoms. The molecule has 1 heterocycles. The zero-order chi connectivity index (χ0) is 16.8. The Labute approximate surface area is 144 Å². The molecule has 0 radical (unpaired) electrons. The number of para-hydroxylation sites is 1. The van der Waals surface area contributed by atoms with E-state index >= 15 is 0 Å². The Hall–Kier alpha value is -2.60. The minimum absolute atomic E-state index is 0.0788. The van der Waals surface area contributed by atoms with Crippen LogP contribution >= 0.6 is 11.8 Å². The predicted octanol–water partition coefficient (Wildman–Crippen LogP) is 3.76. The molecule has 0 unspecified atom stereocenters. The molecule has 122 valence electrons. The lowest BCUT2D eigenvalue weighted by Crippen LogP contribution is -2.13. The molecule has 0 aliphatic heterocycles. The molecule has 0 spiro atoms. The normalized spacial score (nSPS) is 10.5. The zero-order valence-corrected chi connectivity index (χ0v) is 14.1. The lowest BCUT2D eigenvalue weighted by Gasteiger charge is -2.02. The number of hydrogen-bond acceptors (Lipinski definition) is 4. The van der Waals surface area contributed by atoms with E-state index in [2.05, 4.69) is 39.6 Å². The number of benzene rings is 2. The summed E-state index contributed by atoms with van der Waals surface area (Å²) in [4.78, 5) is 16.4. The first kappa shape index (κ1) is 16.3. The van der Waals surface area contributed by atoms with Crippen LogP contribution in [-0.4, -0.2) is 26.8 Å². The maximum atomic E-state index is 11.9. The zero-order valence-electron chi connectivity index (χ0n) is 13.3. The lowest BCUT2D eigenvalue weighted by molar-refractivity contribution is -0.113. The second-order valence-electron chi connectivity index (χ2n) is 5.22. The summed E-state index contributed by atoms with van der Waals surface area (Å²) in [7, 11) is 0. The number of carbonyl (C=O) groups excluding carboxylic acids is 1. The molecule has 0 aliphatic rings. The minimum Gasteiger partial charge on any atom is -0.325 e. The van der Waals surface area contributed by atoms with Gasteiger partial charge in [0, 0.05) is 11.3 Å². The number of H-pyrrole nitrogens is 1. The van der Waals surface area contributed by atoms with Gasteiger partial charge in [-0.1, -0.05) is 61.2 Å². The van der Waals surface area contributed by atoms with Gasteiger partial charge in [-0.05, 0) is 24.1 Å². The van der Waals surface area contributed by atoms with Crippen LogP contribution in [0.2, 0.25) is 0 Å². The van der Waals surface area contributed by atoms with Gasteiger partial charge < -0.3 is 5.32 Å². The van der Waals surface area contributed by atoms with E-state index in [-0.39, 0.29) is 11.7 Å². The number of aromatic nitrogens is 3. The van der Waals surface area contributed by atoms with Crippen molar-refractivity contribution < 1.29 is 4.79 Å². The molecular formula is C18H18N4OS. The van der Waals surface area contributed by atoms with Crippen LogP contribution < -0.4 is 5.32 Å². The maximum Gasteiger partial charge on any atom is 0.234 e. The average Bonchev–Trinajstić information content (AvgIpc) is 3.10. The topological polar surface area (TPSA) is 70.7 Å². The SMILES string of the molecule is CCc1ccc(-c2nc(SCC(=O)Nc3ccccc3)n[nH]2)cc1. The summed E-state index contributed by atoms with van der Waals surface area (Å²) in [5.74, 6) is 0.898. The third kappa shape index (κ3) is 4.23. The van der Waals surface area contributed by atoms with E-state index in [4.69, 9.17) is 0 Å². The summed E-state index contributed by atoms with van der Waals surface area (Å²) < 4.78 is 0. The number of anilines is 1. The Morgan fingerprint density at radius 2 is 1.88 bits per heavy atom. The van der Waals surface area contributed by atoms with Gasteiger partial charge in [-0.3, -0.25) is 9.89 Å². The minimum atomic E-state index is -0.0788. The van der Waals surface area contributed by atoms with Crippen molar-refractivity contribution in [2.75, 3.05) is 11.1 Å². The van der Waals surface area contributed by atoms with Gasteiger partial charge in [-0.2, -0.15) is 0 Å². The van der Waals surface area contributed by atoms with Crippen molar-refractivity contribution in [3.8, 4) is 11.4 Å². The molecule has 2 aromatic carbocycles. The predicted molar refractivity (Wildman–Crippen MR) is 97.0 cm³/mol. The van der Waals surface area contributed by atoms with E-state index < -0.39 is 0 Å². The highest BCUT2D eigenvalue weighted by Gasteiger charge is 2.09. The van der Waals surface area contributed by atoms with E-state index in [0.29, 0.717) is 11.0 Å². The van der Waals surface area contributed by atoms with Crippen LogP contribution in [0.5, 0.6) is 0 Å². The van der Waals surface area contributed by atoms with Crippen molar-refractivity contribution in [2.24, 2.45) is 0 Å². The highest BCUT2D eigenvalue weighted by molar-refractivity contribution is 7.99. The van der Waals surface area contributed by atoms with Crippen molar-refractivity contribution in [1.82, 2.24) is 15.2 Å². The number of aromatic amines is 1. The van der Waals surface area contributed by atoms with Crippen molar-refractivity contribution in [1.29, 1.82) is 0 Å². The third-order valence-corrected chi connectivity index (χ3v) is 4.34. The monoisotopic (exact) mass is 338 g/mol. The summed E-state index contributed by atoms with van der Waals surface area (Å²) in [6.07, 6.45) is 1.01. The van der Waals surface area contributed by atoms with Gasteiger partial charge >= 0.3 is 0 Å². The summed E-state index contributed by atoms with van der Waals surface area (Å²) in [6.45, 7) is 2.12. The van der Waals surface area contributed by atoms with Crippen LogP contribution in [-0.2, 0) is 11.2 Å². The molecule has 0 atom stereocenters. The fraction of sp³-hybridized carbons (Fsp3) is 0.167. The molecule has 0 saturated heterocycles. The third-order valence-electron chi connectivity index (χ3n) is 3.49. The molecule has 0 fully saturated rings. The Bertz CT molecular complexity index is 799. The van der Waals surface area contributed by atoms with E-state index in [9.17, 15) is 4.79 Å². The fourth-order valence-corrected chi connectivity index (χ4v) is 2.79. The number of rotatable bonds is 6. The molecule has 6 heteroatoms. The smallest absolute Gasteiger partial charge is 0.234 e. The lowest BCUT2D eigenvalue weighted by atomic mass is 10.1. The van der Waals surface area contributed by atoms with E-state index in [1.807, 2.05) is 42.5 Å². The molecule has 0 aliphatic carbocycles. The number of aryl methyl sites for hydroxylation is 1. The maximum absolute atomic E-state index is 11.9. The van der Waals surface area contributed by atoms with Crippen molar-refractivity contribution in [2.45, 2.75) is 18.5 Å². The second-order valence-corrected chi connectivity index (χ2v) is 6.16. The quantitative estimate of drug-likeness (QED) is 0.671. The number of amides is 1. The van der Waals surface area contributed by atoms with Crippen LogP contribution in [0.1, 0.15) is 12.5 Å². The molecule has 2 N–H and O–H groups in total. The van der Waals surface area contributed by atoms with Crippen LogP contribution in [0, 0.1) is 0 Å². The standard InChI is InChI=1S/C18H18N4OS/c1-2-13-8-10-14(11-9-13)17-20-18(22-21-17)24-12-16(23)19-15-6-4-3-5-7-15/h3-11H,2,12H2,1H3,(H,19,23)(H,20,21,22). The summed E-state index contributed by atoms with van der Waals surface area (Å²) >= 11 is 1.31. The average molecular weight is 338 g/mol. The Kier molecular flexibility index (Phi) is 5.28. The van der Waals surface area contributed by atoms with Crippen LogP contribution in [0.15, 0.2) is 59.8 Å². The number of thioether (sulfide) groups is 1. The number of nitrogens with one attached hydrogen (secondary N) is 2. The van der Waals surface area contributed by atoms with Gasteiger partial charge in [0.05, 0.1) is 5.75 Å². The highest BCUT2D eigenvalue weighted by Crippen LogP contribution is 2.20.